The number of pyridine rings is 1. The molecule has 0 aliphatic rings. The molecule has 1 heterocycles. The summed E-state index contributed by atoms with van der Waals surface area (Å²) in [6, 6.07) is 11.5. The number of hydrogen-bond donors (Lipinski definition) is 1. The second-order valence-corrected chi connectivity index (χ2v) is 3.95. The molecule has 16 heavy (non-hydrogen) atoms. The van der Waals surface area contributed by atoms with Crippen LogP contribution >= 0.6 is 0 Å². The first-order valence-electron chi connectivity index (χ1n) is 5.35. The van der Waals surface area contributed by atoms with Crippen LogP contribution in [0, 0.1) is 13.8 Å². The van der Waals surface area contributed by atoms with E-state index in [2.05, 4.69) is 4.98 Å². The van der Waals surface area contributed by atoms with E-state index in [4.69, 9.17) is 0 Å². The van der Waals surface area contributed by atoms with E-state index < -0.39 is 6.10 Å². The molecule has 0 saturated heterocycles. The van der Waals surface area contributed by atoms with Crippen LogP contribution in [0.2, 0.25) is 0 Å². The van der Waals surface area contributed by atoms with Crippen LogP contribution in [0.25, 0.3) is 0 Å². The molecule has 0 spiro atoms. The fourth-order valence-electron chi connectivity index (χ4n) is 1.77. The van der Waals surface area contributed by atoms with Crippen LogP contribution in [0.3, 0.4) is 0 Å². The summed E-state index contributed by atoms with van der Waals surface area (Å²) in [5.74, 6) is 0. The zero-order chi connectivity index (χ0) is 11.5. The van der Waals surface area contributed by atoms with Gasteiger partial charge in [0, 0.05) is 6.20 Å². The highest BCUT2D eigenvalue weighted by atomic mass is 16.3. The van der Waals surface area contributed by atoms with Crippen molar-refractivity contribution in [2.45, 2.75) is 20.0 Å². The molecule has 1 atom stereocenters. The molecule has 2 rings (SSSR count). The van der Waals surface area contributed by atoms with E-state index in [-0.39, 0.29) is 0 Å². The van der Waals surface area contributed by atoms with Gasteiger partial charge in [-0.3, -0.25) is 4.98 Å². The lowest BCUT2D eigenvalue weighted by Gasteiger charge is -2.14. The molecule has 0 aliphatic carbocycles. The lowest BCUT2D eigenvalue weighted by molar-refractivity contribution is 0.214. The quantitative estimate of drug-likeness (QED) is 0.832. The molecular formula is C14H15NO. The topological polar surface area (TPSA) is 33.1 Å². The molecular weight excluding hydrogens is 198 g/mol. The number of aliphatic hydroxyl groups is 1. The number of rotatable bonds is 2. The van der Waals surface area contributed by atoms with Gasteiger partial charge in [0.25, 0.3) is 0 Å². The van der Waals surface area contributed by atoms with Gasteiger partial charge in [-0.05, 0) is 42.7 Å². The number of aliphatic hydroxyl groups excluding tert-OH is 1. The molecule has 82 valence electrons. The third kappa shape index (κ3) is 1.97. The molecule has 1 aromatic carbocycles. The Kier molecular flexibility index (Phi) is 3.02. The van der Waals surface area contributed by atoms with E-state index in [1.807, 2.05) is 50.2 Å². The molecule has 1 N–H and O–H groups in total. The van der Waals surface area contributed by atoms with Crippen LogP contribution in [-0.4, -0.2) is 10.1 Å². The fourth-order valence-corrected chi connectivity index (χ4v) is 1.77. The smallest absolute Gasteiger partial charge is 0.121 e. The standard InChI is InChI=1S/C14H15NO/c1-10-6-5-7-12(11(10)2)14(16)13-8-3-4-9-15-13/h3-9,14,16H,1-2H3/t14-/m1/s1. The molecule has 0 aliphatic heterocycles. The van der Waals surface area contributed by atoms with Gasteiger partial charge >= 0.3 is 0 Å². The highest BCUT2D eigenvalue weighted by Crippen LogP contribution is 2.24. The minimum atomic E-state index is -0.638. The number of hydrogen-bond acceptors (Lipinski definition) is 2. The average molecular weight is 213 g/mol. The van der Waals surface area contributed by atoms with E-state index in [0.29, 0.717) is 5.69 Å². The number of aromatic nitrogens is 1. The Morgan fingerprint density at radius 3 is 2.56 bits per heavy atom. The Morgan fingerprint density at radius 2 is 1.88 bits per heavy atom. The van der Waals surface area contributed by atoms with E-state index in [1.54, 1.807) is 6.20 Å². The van der Waals surface area contributed by atoms with Crippen molar-refractivity contribution < 1.29 is 5.11 Å². The Balaban J connectivity index is 2.42. The second kappa shape index (κ2) is 4.45. The summed E-state index contributed by atoms with van der Waals surface area (Å²) in [4.78, 5) is 4.18. The van der Waals surface area contributed by atoms with Crippen molar-refractivity contribution in [3.63, 3.8) is 0 Å². The summed E-state index contributed by atoms with van der Waals surface area (Å²) in [6.07, 6.45) is 1.06. The van der Waals surface area contributed by atoms with Crippen LogP contribution in [0.1, 0.15) is 28.5 Å². The zero-order valence-corrected chi connectivity index (χ0v) is 9.51. The van der Waals surface area contributed by atoms with Crippen LogP contribution < -0.4 is 0 Å². The average Bonchev–Trinajstić information content (AvgIpc) is 2.33. The van der Waals surface area contributed by atoms with E-state index in [9.17, 15) is 5.11 Å². The van der Waals surface area contributed by atoms with Gasteiger partial charge in [-0.1, -0.05) is 24.3 Å². The molecule has 0 radical (unpaired) electrons. The number of aryl methyl sites for hydroxylation is 1. The highest BCUT2D eigenvalue weighted by molar-refractivity contribution is 5.37. The Labute approximate surface area is 95.6 Å². The number of nitrogens with zero attached hydrogens (tertiary/aromatic N) is 1. The van der Waals surface area contributed by atoms with Crippen molar-refractivity contribution in [1.29, 1.82) is 0 Å². The molecule has 0 unspecified atom stereocenters. The Morgan fingerprint density at radius 1 is 1.06 bits per heavy atom. The monoisotopic (exact) mass is 213 g/mol. The third-order valence-electron chi connectivity index (χ3n) is 2.91. The minimum absolute atomic E-state index is 0.638. The van der Waals surface area contributed by atoms with Crippen LogP contribution in [0.5, 0.6) is 0 Å². The maximum atomic E-state index is 10.2. The maximum Gasteiger partial charge on any atom is 0.121 e. The Bertz CT molecular complexity index is 479. The molecule has 0 fully saturated rings. The molecule has 2 nitrogen and oxygen atoms in total. The lowest BCUT2D eigenvalue weighted by Crippen LogP contribution is -2.04. The Hall–Kier alpha value is -1.67. The predicted octanol–water partition coefficient (Wildman–Crippen LogP) is 2.78. The molecule has 0 saturated carbocycles. The predicted molar refractivity (Wildman–Crippen MR) is 64.2 cm³/mol. The van der Waals surface area contributed by atoms with Crippen molar-refractivity contribution >= 4 is 0 Å². The first-order chi connectivity index (χ1) is 7.70. The third-order valence-corrected chi connectivity index (χ3v) is 2.91. The summed E-state index contributed by atoms with van der Waals surface area (Å²) in [6.45, 7) is 4.07. The van der Waals surface area contributed by atoms with Crippen molar-refractivity contribution in [3.05, 3.63) is 65.0 Å². The first-order valence-corrected chi connectivity index (χ1v) is 5.35. The number of benzene rings is 1. The van der Waals surface area contributed by atoms with E-state index in [1.165, 1.54) is 5.56 Å². The summed E-state index contributed by atoms with van der Waals surface area (Å²) in [5, 5.41) is 10.2. The largest absolute Gasteiger partial charge is 0.382 e. The van der Waals surface area contributed by atoms with Crippen LogP contribution in [0.15, 0.2) is 42.6 Å². The van der Waals surface area contributed by atoms with Crippen LogP contribution in [0.4, 0.5) is 0 Å². The van der Waals surface area contributed by atoms with Crippen molar-refractivity contribution in [1.82, 2.24) is 4.98 Å². The van der Waals surface area contributed by atoms with Crippen molar-refractivity contribution in [3.8, 4) is 0 Å². The van der Waals surface area contributed by atoms with Crippen molar-refractivity contribution in [2.24, 2.45) is 0 Å². The highest BCUT2D eigenvalue weighted by Gasteiger charge is 2.14. The summed E-state index contributed by atoms with van der Waals surface area (Å²) in [7, 11) is 0. The molecule has 0 amide bonds. The van der Waals surface area contributed by atoms with Gasteiger partial charge in [0.1, 0.15) is 6.10 Å². The molecule has 2 aromatic rings. The van der Waals surface area contributed by atoms with Gasteiger partial charge in [-0.25, -0.2) is 0 Å². The van der Waals surface area contributed by atoms with Crippen LogP contribution in [-0.2, 0) is 0 Å². The van der Waals surface area contributed by atoms with Gasteiger partial charge in [0.2, 0.25) is 0 Å². The summed E-state index contributed by atoms with van der Waals surface area (Å²) < 4.78 is 0. The molecule has 0 bridgehead atoms. The van der Waals surface area contributed by atoms with Gasteiger partial charge < -0.3 is 5.11 Å². The van der Waals surface area contributed by atoms with E-state index in [0.717, 1.165) is 11.1 Å². The van der Waals surface area contributed by atoms with Gasteiger partial charge in [-0.2, -0.15) is 0 Å². The molecule has 2 heteroatoms. The summed E-state index contributed by atoms with van der Waals surface area (Å²) >= 11 is 0. The second-order valence-electron chi connectivity index (χ2n) is 3.95. The normalized spacial score (nSPS) is 12.4. The van der Waals surface area contributed by atoms with Gasteiger partial charge in [0.05, 0.1) is 5.69 Å². The molecule has 1 aromatic heterocycles. The first kappa shape index (κ1) is 10.8. The lowest BCUT2D eigenvalue weighted by atomic mass is 9.97. The van der Waals surface area contributed by atoms with E-state index >= 15 is 0 Å². The maximum absolute atomic E-state index is 10.2. The fraction of sp³-hybridized carbons (Fsp3) is 0.214. The SMILES string of the molecule is Cc1cccc([C@@H](O)c2ccccn2)c1C. The minimum Gasteiger partial charge on any atom is -0.382 e. The van der Waals surface area contributed by atoms with Gasteiger partial charge in [-0.15, -0.1) is 0 Å². The van der Waals surface area contributed by atoms with Gasteiger partial charge in [0.15, 0.2) is 0 Å². The summed E-state index contributed by atoms with van der Waals surface area (Å²) in [5.41, 5.74) is 3.93. The van der Waals surface area contributed by atoms with Crippen molar-refractivity contribution in [2.75, 3.05) is 0 Å². The zero-order valence-electron chi connectivity index (χ0n) is 9.51.